The molecular formula is C30H33F2N7O3. The van der Waals surface area contributed by atoms with E-state index in [9.17, 15) is 9.18 Å². The third-order valence-corrected chi connectivity index (χ3v) is 7.71. The van der Waals surface area contributed by atoms with E-state index < -0.39 is 11.4 Å². The van der Waals surface area contributed by atoms with E-state index in [0.29, 0.717) is 46.9 Å². The van der Waals surface area contributed by atoms with Crippen molar-refractivity contribution in [2.75, 3.05) is 20.2 Å². The van der Waals surface area contributed by atoms with Gasteiger partial charge < -0.3 is 18.9 Å². The zero-order valence-corrected chi connectivity index (χ0v) is 24.3. The number of rotatable bonds is 6. The minimum absolute atomic E-state index is 0.0988. The molecule has 2 atom stereocenters. The Morgan fingerprint density at radius 2 is 1.86 bits per heavy atom. The average molecular weight is 578 g/mol. The number of benzene rings is 1. The largest absolute Gasteiger partial charge is 0.467 e. The Kier molecular flexibility index (Phi) is 7.04. The second-order valence-corrected chi connectivity index (χ2v) is 11.9. The Morgan fingerprint density at radius 1 is 1.05 bits per heavy atom. The summed E-state index contributed by atoms with van der Waals surface area (Å²) in [6.45, 7) is 9.39. The number of halogens is 2. The highest BCUT2D eigenvalue weighted by molar-refractivity contribution is 5.79. The van der Waals surface area contributed by atoms with Crippen molar-refractivity contribution in [1.82, 2.24) is 34.3 Å². The molecule has 3 aromatic heterocycles. The Hall–Kier alpha value is -4.19. The third kappa shape index (κ3) is 5.38. The summed E-state index contributed by atoms with van der Waals surface area (Å²) >= 11 is 0. The Bertz CT molecular complexity index is 1670. The first kappa shape index (κ1) is 28.0. The van der Waals surface area contributed by atoms with E-state index in [2.05, 4.69) is 24.8 Å². The van der Waals surface area contributed by atoms with Gasteiger partial charge in [0.1, 0.15) is 28.6 Å². The fourth-order valence-corrected chi connectivity index (χ4v) is 5.82. The van der Waals surface area contributed by atoms with E-state index in [1.807, 2.05) is 31.7 Å². The van der Waals surface area contributed by atoms with E-state index >= 15 is 4.39 Å². The van der Waals surface area contributed by atoms with Gasteiger partial charge in [-0.3, -0.25) is 9.88 Å². The monoisotopic (exact) mass is 577 g/mol. The number of pyridine rings is 1. The lowest BCUT2D eigenvalue weighted by Gasteiger charge is -2.35. The maximum Gasteiger partial charge on any atom is 0.410 e. The molecule has 10 nitrogen and oxygen atoms in total. The number of carbonyl (C=O) groups is 1. The lowest BCUT2D eigenvalue weighted by molar-refractivity contribution is 0.0124. The van der Waals surface area contributed by atoms with Crippen LogP contribution in [0.4, 0.5) is 13.6 Å². The Morgan fingerprint density at radius 3 is 2.52 bits per heavy atom. The van der Waals surface area contributed by atoms with Crippen LogP contribution >= 0.6 is 0 Å². The smallest absolute Gasteiger partial charge is 0.410 e. The summed E-state index contributed by atoms with van der Waals surface area (Å²) in [6.07, 6.45) is 3.23. The number of imidazole rings is 1. The van der Waals surface area contributed by atoms with Crippen LogP contribution in [0.1, 0.15) is 44.0 Å². The number of nitrogens with zero attached hydrogens (tertiary/aromatic N) is 7. The number of methoxy groups -OCH3 is 1. The molecule has 4 aromatic rings. The number of hydrogen-bond donors (Lipinski definition) is 0. The highest BCUT2D eigenvalue weighted by atomic mass is 19.1. The lowest BCUT2D eigenvalue weighted by Crippen LogP contribution is -2.49. The first-order valence-electron chi connectivity index (χ1n) is 13.9. The molecule has 2 fully saturated rings. The summed E-state index contributed by atoms with van der Waals surface area (Å²) in [6, 6.07) is 7.03. The second-order valence-electron chi connectivity index (χ2n) is 11.9. The highest BCUT2D eigenvalue weighted by Gasteiger charge is 2.46. The van der Waals surface area contributed by atoms with Gasteiger partial charge in [-0.1, -0.05) is 12.1 Å². The van der Waals surface area contributed by atoms with Crippen LogP contribution in [-0.4, -0.2) is 78.3 Å². The average Bonchev–Trinajstić information content (AvgIpc) is 3.62. The van der Waals surface area contributed by atoms with Crippen molar-refractivity contribution in [2.45, 2.75) is 64.9 Å². The fraction of sp³-hybridized carbons (Fsp3) is 0.433. The van der Waals surface area contributed by atoms with E-state index in [-0.39, 0.29) is 36.5 Å². The van der Waals surface area contributed by atoms with Crippen molar-refractivity contribution >= 4 is 17.3 Å². The Balaban J connectivity index is 1.23. The molecule has 2 aliphatic rings. The van der Waals surface area contributed by atoms with Gasteiger partial charge in [-0.05, 0) is 51.8 Å². The molecule has 1 amide bonds. The first-order chi connectivity index (χ1) is 20.0. The zero-order valence-electron chi connectivity index (χ0n) is 24.3. The van der Waals surface area contributed by atoms with Gasteiger partial charge in [0.05, 0.1) is 25.5 Å². The van der Waals surface area contributed by atoms with Gasteiger partial charge >= 0.3 is 12.1 Å². The molecule has 0 aliphatic carbocycles. The topological polar surface area (TPSA) is 98.5 Å². The summed E-state index contributed by atoms with van der Waals surface area (Å²) < 4.78 is 42.2. The molecular weight excluding hydrogens is 544 g/mol. The fourth-order valence-electron chi connectivity index (χ4n) is 5.82. The number of piperazine rings is 1. The highest BCUT2D eigenvalue weighted by Crippen LogP contribution is 2.33. The maximum absolute atomic E-state index is 15.6. The minimum Gasteiger partial charge on any atom is -0.467 e. The van der Waals surface area contributed by atoms with Gasteiger partial charge in [-0.2, -0.15) is 9.97 Å². The van der Waals surface area contributed by atoms with Gasteiger partial charge in [-0.25, -0.2) is 18.6 Å². The summed E-state index contributed by atoms with van der Waals surface area (Å²) in [5, 5.41) is 0. The van der Waals surface area contributed by atoms with Crippen LogP contribution in [0, 0.1) is 18.6 Å². The van der Waals surface area contributed by atoms with Crippen LogP contribution < -0.4 is 4.74 Å². The van der Waals surface area contributed by atoms with Gasteiger partial charge in [0.25, 0.3) is 0 Å². The summed E-state index contributed by atoms with van der Waals surface area (Å²) in [4.78, 5) is 34.1. The standard InChI is InChI=1S/C30H33F2N7O3/c1-17-25-27(36-28(34-17)41-5)39(26(35-25)20-9-21(31)12-33-11-20)14-19-7-6-18(8-24(19)32)13-37-15-23-10-22(37)16-38(23)29(40)42-30(2,3)4/h6-9,11-12,22-23H,10,13-16H2,1-5H3/t22-,23-/m0/s1. The predicted molar refractivity (Wildman–Crippen MR) is 151 cm³/mol. The molecule has 0 N–H and O–H groups in total. The molecule has 0 saturated carbocycles. The molecule has 2 aliphatic heterocycles. The van der Waals surface area contributed by atoms with E-state index in [1.54, 1.807) is 23.6 Å². The van der Waals surface area contributed by atoms with Crippen molar-refractivity contribution in [3.8, 4) is 17.4 Å². The number of likely N-dealkylation sites (tertiary alicyclic amines) is 2. The van der Waals surface area contributed by atoms with E-state index in [1.165, 1.54) is 19.4 Å². The molecule has 12 heteroatoms. The number of fused-ring (bicyclic) bond motifs is 3. The molecule has 1 aromatic carbocycles. The van der Waals surface area contributed by atoms with Gasteiger partial charge in [0.15, 0.2) is 5.65 Å². The van der Waals surface area contributed by atoms with E-state index in [4.69, 9.17) is 9.47 Å². The molecule has 42 heavy (non-hydrogen) atoms. The quantitative estimate of drug-likeness (QED) is 0.325. The van der Waals surface area contributed by atoms with Crippen LogP contribution in [0.25, 0.3) is 22.6 Å². The van der Waals surface area contributed by atoms with Crippen molar-refractivity contribution in [3.05, 3.63) is 65.1 Å². The van der Waals surface area contributed by atoms with Gasteiger partial charge in [0.2, 0.25) is 0 Å². The first-order valence-corrected chi connectivity index (χ1v) is 13.9. The molecule has 0 radical (unpaired) electrons. The number of carbonyl (C=O) groups excluding carboxylic acids is 1. The van der Waals surface area contributed by atoms with Crippen LogP contribution in [-0.2, 0) is 17.8 Å². The second kappa shape index (κ2) is 10.6. The van der Waals surface area contributed by atoms with Crippen LogP contribution in [0.3, 0.4) is 0 Å². The van der Waals surface area contributed by atoms with Gasteiger partial charge in [0, 0.05) is 49.0 Å². The Labute approximate surface area is 242 Å². The molecule has 0 unspecified atom stereocenters. The lowest BCUT2D eigenvalue weighted by atomic mass is 10.1. The van der Waals surface area contributed by atoms with Gasteiger partial charge in [-0.15, -0.1) is 0 Å². The van der Waals surface area contributed by atoms with Crippen LogP contribution in [0.2, 0.25) is 0 Å². The van der Waals surface area contributed by atoms with Crippen molar-refractivity contribution in [1.29, 1.82) is 0 Å². The van der Waals surface area contributed by atoms with Crippen molar-refractivity contribution in [3.63, 3.8) is 0 Å². The van der Waals surface area contributed by atoms with Crippen molar-refractivity contribution in [2.24, 2.45) is 0 Å². The number of amides is 1. The molecule has 5 heterocycles. The molecule has 0 spiro atoms. The predicted octanol–water partition coefficient (Wildman–Crippen LogP) is 4.73. The zero-order chi connectivity index (χ0) is 29.8. The minimum atomic E-state index is -0.534. The molecule has 220 valence electrons. The van der Waals surface area contributed by atoms with E-state index in [0.717, 1.165) is 24.7 Å². The van der Waals surface area contributed by atoms with Crippen LogP contribution in [0.5, 0.6) is 6.01 Å². The third-order valence-electron chi connectivity index (χ3n) is 7.71. The molecule has 6 rings (SSSR count). The normalized spacial score (nSPS) is 18.7. The number of aryl methyl sites for hydroxylation is 1. The van der Waals surface area contributed by atoms with Crippen molar-refractivity contribution < 1.29 is 23.0 Å². The maximum atomic E-state index is 15.6. The SMILES string of the molecule is COc1nc(C)c2nc(-c3cncc(F)c3)n(Cc3ccc(CN4C[C@@H]5C[C@H]4CN5C(=O)OC(C)(C)C)cc3F)c2n1. The summed E-state index contributed by atoms with van der Waals surface area (Å²) in [5.74, 6) is -0.476. The number of hydrogen-bond acceptors (Lipinski definition) is 8. The van der Waals surface area contributed by atoms with Crippen LogP contribution in [0.15, 0.2) is 36.7 Å². The molecule has 2 saturated heterocycles. The summed E-state index contributed by atoms with van der Waals surface area (Å²) in [7, 11) is 1.47. The summed E-state index contributed by atoms with van der Waals surface area (Å²) in [5.41, 5.74) is 2.72. The number of aromatic nitrogens is 5. The molecule has 2 bridgehead atoms. The number of ether oxygens (including phenoxy) is 2.